The first-order valence-electron chi connectivity index (χ1n) is 21.1. The predicted molar refractivity (Wildman–Crippen MR) is 257 cm³/mol. The van der Waals surface area contributed by atoms with Crippen molar-refractivity contribution in [2.75, 3.05) is 0 Å². The molecule has 0 fully saturated rings. The molecule has 10 aromatic carbocycles. The SMILES string of the molecule is c1ccc(-c2ccc(-c3nc(-c4ccccc4)nc(-c4ccc(-c5c(-c6ccc(-c7ccc8c(c7)-c7cccc9cccc-8c79)cc6)ccc6ccccc56)cc4)n3)cc2)cc1. The number of rotatable bonds is 7. The van der Waals surface area contributed by atoms with E-state index in [4.69, 9.17) is 15.0 Å². The van der Waals surface area contributed by atoms with Crippen LogP contribution < -0.4 is 0 Å². The molecule has 0 amide bonds. The van der Waals surface area contributed by atoms with Crippen LogP contribution in [0.1, 0.15) is 0 Å². The van der Waals surface area contributed by atoms with Crippen LogP contribution in [0.15, 0.2) is 224 Å². The van der Waals surface area contributed by atoms with Crippen LogP contribution in [0, 0.1) is 0 Å². The Balaban J connectivity index is 0.904. The molecule has 1 aliphatic rings. The minimum atomic E-state index is 0.633. The molecule has 3 nitrogen and oxygen atoms in total. The molecule has 0 N–H and O–H groups in total. The molecule has 0 bridgehead atoms. The zero-order valence-corrected chi connectivity index (χ0v) is 33.7. The summed E-state index contributed by atoms with van der Waals surface area (Å²) < 4.78 is 0. The van der Waals surface area contributed by atoms with Gasteiger partial charge in [0.25, 0.3) is 0 Å². The Morgan fingerprint density at radius 2 is 0.661 bits per heavy atom. The fourth-order valence-electron chi connectivity index (χ4n) is 9.22. The molecular weight excluding hydrogens is 751 g/mol. The summed E-state index contributed by atoms with van der Waals surface area (Å²) in [6.45, 7) is 0. The number of aromatic nitrogens is 3. The topological polar surface area (TPSA) is 38.7 Å². The highest BCUT2D eigenvalue weighted by atomic mass is 15.0. The van der Waals surface area contributed by atoms with Crippen molar-refractivity contribution in [3.8, 4) is 101 Å². The van der Waals surface area contributed by atoms with E-state index < -0.39 is 0 Å². The predicted octanol–water partition coefficient (Wildman–Crippen LogP) is 15.5. The minimum absolute atomic E-state index is 0.633. The van der Waals surface area contributed by atoms with Gasteiger partial charge >= 0.3 is 0 Å². The van der Waals surface area contributed by atoms with E-state index in [1.165, 1.54) is 77.2 Å². The number of fused-ring (bicyclic) bond motifs is 4. The van der Waals surface area contributed by atoms with Gasteiger partial charge < -0.3 is 0 Å². The van der Waals surface area contributed by atoms with Crippen LogP contribution in [0.4, 0.5) is 0 Å². The van der Waals surface area contributed by atoms with Gasteiger partial charge in [0.15, 0.2) is 17.5 Å². The molecule has 0 saturated carbocycles. The van der Waals surface area contributed by atoms with Crippen LogP contribution in [-0.2, 0) is 0 Å². The third-order valence-corrected chi connectivity index (χ3v) is 12.3. The van der Waals surface area contributed by atoms with Gasteiger partial charge in [0, 0.05) is 16.7 Å². The fourth-order valence-corrected chi connectivity index (χ4v) is 9.22. The second-order valence-corrected chi connectivity index (χ2v) is 15.9. The zero-order chi connectivity index (χ0) is 41.0. The van der Waals surface area contributed by atoms with E-state index in [2.05, 4.69) is 188 Å². The van der Waals surface area contributed by atoms with Gasteiger partial charge in [-0.1, -0.05) is 218 Å². The average molecular weight is 788 g/mol. The van der Waals surface area contributed by atoms with Crippen LogP contribution in [0.2, 0.25) is 0 Å². The molecule has 0 radical (unpaired) electrons. The summed E-state index contributed by atoms with van der Waals surface area (Å²) in [5.74, 6) is 1.91. The minimum Gasteiger partial charge on any atom is -0.208 e. The van der Waals surface area contributed by atoms with Gasteiger partial charge in [0.05, 0.1) is 0 Å². The summed E-state index contributed by atoms with van der Waals surface area (Å²) in [5.41, 5.74) is 17.5. The first-order chi connectivity index (χ1) is 30.7. The highest BCUT2D eigenvalue weighted by Gasteiger charge is 2.22. The smallest absolute Gasteiger partial charge is 0.164 e. The third kappa shape index (κ3) is 6.18. The Morgan fingerprint density at radius 3 is 1.31 bits per heavy atom. The van der Waals surface area contributed by atoms with E-state index in [-0.39, 0.29) is 0 Å². The molecule has 1 heterocycles. The van der Waals surface area contributed by atoms with Crippen molar-refractivity contribution in [1.29, 1.82) is 0 Å². The zero-order valence-electron chi connectivity index (χ0n) is 33.7. The second-order valence-electron chi connectivity index (χ2n) is 15.9. The van der Waals surface area contributed by atoms with Gasteiger partial charge in [-0.2, -0.15) is 0 Å². The van der Waals surface area contributed by atoms with Crippen molar-refractivity contribution in [3.63, 3.8) is 0 Å². The molecule has 0 spiro atoms. The van der Waals surface area contributed by atoms with Gasteiger partial charge in [0.1, 0.15) is 0 Å². The quantitative estimate of drug-likeness (QED) is 0.161. The highest BCUT2D eigenvalue weighted by molar-refractivity contribution is 6.15. The van der Waals surface area contributed by atoms with E-state index >= 15 is 0 Å². The van der Waals surface area contributed by atoms with Crippen molar-refractivity contribution in [3.05, 3.63) is 224 Å². The van der Waals surface area contributed by atoms with Crippen LogP contribution in [0.5, 0.6) is 0 Å². The van der Waals surface area contributed by atoms with Crippen molar-refractivity contribution in [2.24, 2.45) is 0 Å². The lowest BCUT2D eigenvalue weighted by Crippen LogP contribution is -2.00. The first-order valence-corrected chi connectivity index (χ1v) is 21.1. The standard InChI is InChI=1S/C59H37N3/c1-3-11-38(12-4-1)39-23-29-46(30-24-39)58-60-57(45-14-5-2-6-15-45)61-59(62-58)47-31-27-44(28-32-47)55-49-18-8-7-13-41(49)33-35-50(55)42-25-21-40(22-26-42)48-34-36-51-52-19-9-16-43-17-10-20-53(56(43)52)54(51)37-48/h1-37H. The monoisotopic (exact) mass is 787 g/mol. The van der Waals surface area contributed by atoms with Crippen molar-refractivity contribution in [1.82, 2.24) is 15.0 Å². The van der Waals surface area contributed by atoms with E-state index in [0.717, 1.165) is 27.8 Å². The Labute approximate surface area is 360 Å². The van der Waals surface area contributed by atoms with Gasteiger partial charge in [-0.15, -0.1) is 0 Å². The maximum Gasteiger partial charge on any atom is 0.164 e. The average Bonchev–Trinajstić information content (AvgIpc) is 3.68. The largest absolute Gasteiger partial charge is 0.208 e. The number of hydrogen-bond acceptors (Lipinski definition) is 3. The number of benzene rings is 10. The Bertz CT molecular complexity index is 3460. The van der Waals surface area contributed by atoms with Gasteiger partial charge in [-0.05, 0) is 94.4 Å². The fraction of sp³-hybridized carbons (Fsp3) is 0. The van der Waals surface area contributed by atoms with E-state index in [9.17, 15) is 0 Å². The Morgan fingerprint density at radius 1 is 0.226 bits per heavy atom. The summed E-state index contributed by atoms with van der Waals surface area (Å²) >= 11 is 0. The van der Waals surface area contributed by atoms with Gasteiger partial charge in [-0.25, -0.2) is 15.0 Å². The maximum absolute atomic E-state index is 5.07. The molecular formula is C59H37N3. The van der Waals surface area contributed by atoms with E-state index in [1.807, 2.05) is 36.4 Å². The lowest BCUT2D eigenvalue weighted by atomic mass is 9.88. The molecule has 0 saturated heterocycles. The maximum atomic E-state index is 5.07. The van der Waals surface area contributed by atoms with Crippen LogP contribution in [0.3, 0.4) is 0 Å². The Kier molecular flexibility index (Phi) is 8.50. The van der Waals surface area contributed by atoms with Crippen molar-refractivity contribution < 1.29 is 0 Å². The summed E-state index contributed by atoms with van der Waals surface area (Å²) in [7, 11) is 0. The van der Waals surface area contributed by atoms with Crippen molar-refractivity contribution in [2.45, 2.75) is 0 Å². The molecule has 62 heavy (non-hydrogen) atoms. The molecule has 0 unspecified atom stereocenters. The summed E-state index contributed by atoms with van der Waals surface area (Å²) in [4.78, 5) is 15.1. The van der Waals surface area contributed by atoms with E-state index in [1.54, 1.807) is 0 Å². The molecule has 11 aromatic rings. The lowest BCUT2D eigenvalue weighted by Gasteiger charge is -2.15. The molecule has 3 heteroatoms. The third-order valence-electron chi connectivity index (χ3n) is 12.3. The number of nitrogens with zero attached hydrogens (tertiary/aromatic N) is 3. The molecule has 12 rings (SSSR count). The van der Waals surface area contributed by atoms with Crippen LogP contribution in [-0.4, -0.2) is 15.0 Å². The van der Waals surface area contributed by atoms with Crippen LogP contribution in [0.25, 0.3) is 122 Å². The molecule has 1 aliphatic carbocycles. The summed E-state index contributed by atoms with van der Waals surface area (Å²) in [6, 6.07) is 80.1. The van der Waals surface area contributed by atoms with Crippen LogP contribution >= 0.6 is 0 Å². The number of hydrogen-bond donors (Lipinski definition) is 0. The normalized spacial score (nSPS) is 11.5. The van der Waals surface area contributed by atoms with Gasteiger partial charge in [-0.3, -0.25) is 0 Å². The molecule has 1 aromatic heterocycles. The highest BCUT2D eigenvalue weighted by Crippen LogP contribution is 2.48. The second kappa shape index (κ2) is 14.8. The summed E-state index contributed by atoms with van der Waals surface area (Å²) in [6.07, 6.45) is 0. The first kappa shape index (κ1) is 35.7. The lowest BCUT2D eigenvalue weighted by molar-refractivity contribution is 1.07. The van der Waals surface area contributed by atoms with E-state index in [0.29, 0.717) is 17.5 Å². The Hall–Kier alpha value is -8.27. The molecule has 0 atom stereocenters. The summed E-state index contributed by atoms with van der Waals surface area (Å²) in [5, 5.41) is 5.06. The van der Waals surface area contributed by atoms with Crippen molar-refractivity contribution >= 4 is 21.5 Å². The molecule has 0 aliphatic heterocycles. The molecule has 288 valence electrons. The van der Waals surface area contributed by atoms with Gasteiger partial charge in [0.2, 0.25) is 0 Å².